The molecule has 1 aliphatic heterocycles. The lowest BCUT2D eigenvalue weighted by Gasteiger charge is -2.21. The molecule has 16 heavy (non-hydrogen) atoms. The zero-order valence-corrected chi connectivity index (χ0v) is 9.70. The van der Waals surface area contributed by atoms with Gasteiger partial charge in [0.2, 0.25) is 0 Å². The van der Waals surface area contributed by atoms with Crippen LogP contribution < -0.4 is 10.6 Å². The van der Waals surface area contributed by atoms with Crippen LogP contribution in [0.25, 0.3) is 0 Å². The van der Waals surface area contributed by atoms with E-state index in [1.807, 2.05) is 12.1 Å². The molecule has 0 amide bonds. The molecule has 2 atom stereocenters. The van der Waals surface area contributed by atoms with E-state index in [4.69, 9.17) is 5.73 Å². The van der Waals surface area contributed by atoms with Crippen LogP contribution in [0, 0.1) is 11.7 Å². The maximum absolute atomic E-state index is 12.8. The maximum Gasteiger partial charge on any atom is 0.123 e. The van der Waals surface area contributed by atoms with Gasteiger partial charge in [-0.25, -0.2) is 4.39 Å². The molecule has 2 nitrogen and oxygen atoms in total. The lowest BCUT2D eigenvalue weighted by molar-refractivity contribution is 0.447. The van der Waals surface area contributed by atoms with Crippen molar-refractivity contribution in [2.45, 2.75) is 25.8 Å². The predicted octanol–water partition coefficient (Wildman–Crippen LogP) is 2.39. The van der Waals surface area contributed by atoms with Crippen LogP contribution in [0.1, 0.15) is 19.8 Å². The zero-order chi connectivity index (χ0) is 11.5. The molecule has 1 aliphatic rings. The number of hydrogen-bond acceptors (Lipinski definition) is 2. The van der Waals surface area contributed by atoms with Crippen LogP contribution >= 0.6 is 0 Å². The lowest BCUT2D eigenvalue weighted by Crippen LogP contribution is -2.31. The second-order valence-corrected chi connectivity index (χ2v) is 4.54. The average molecular weight is 222 g/mol. The van der Waals surface area contributed by atoms with Crippen molar-refractivity contribution in [1.29, 1.82) is 0 Å². The summed E-state index contributed by atoms with van der Waals surface area (Å²) in [5.41, 5.74) is 7.16. The third-order valence-corrected chi connectivity index (χ3v) is 3.49. The first-order valence-electron chi connectivity index (χ1n) is 5.96. The van der Waals surface area contributed by atoms with Crippen molar-refractivity contribution in [3.05, 3.63) is 30.1 Å². The van der Waals surface area contributed by atoms with Crippen LogP contribution in [-0.4, -0.2) is 19.1 Å². The number of halogens is 1. The zero-order valence-electron chi connectivity index (χ0n) is 9.70. The molecule has 88 valence electrons. The summed E-state index contributed by atoms with van der Waals surface area (Å²) in [5.74, 6) is 0.403. The highest BCUT2D eigenvalue weighted by Gasteiger charge is 2.26. The van der Waals surface area contributed by atoms with Gasteiger partial charge in [-0.2, -0.15) is 0 Å². The van der Waals surface area contributed by atoms with Crippen LogP contribution in [0.5, 0.6) is 0 Å². The molecule has 0 spiro atoms. The monoisotopic (exact) mass is 222 g/mol. The highest BCUT2D eigenvalue weighted by atomic mass is 19.1. The number of rotatable bonds is 3. The normalized spacial score (nSPS) is 22.4. The predicted molar refractivity (Wildman–Crippen MR) is 65.0 cm³/mol. The van der Waals surface area contributed by atoms with E-state index >= 15 is 0 Å². The second kappa shape index (κ2) is 4.83. The summed E-state index contributed by atoms with van der Waals surface area (Å²) < 4.78 is 12.8. The van der Waals surface area contributed by atoms with Gasteiger partial charge < -0.3 is 10.6 Å². The molecule has 0 bridgehead atoms. The minimum Gasteiger partial charge on any atom is -0.371 e. The fourth-order valence-electron chi connectivity index (χ4n) is 2.36. The van der Waals surface area contributed by atoms with E-state index in [0.29, 0.717) is 12.0 Å². The van der Waals surface area contributed by atoms with Crippen LogP contribution in [0.4, 0.5) is 10.1 Å². The molecule has 2 N–H and O–H groups in total. The van der Waals surface area contributed by atoms with Crippen molar-refractivity contribution in [1.82, 2.24) is 0 Å². The highest BCUT2D eigenvalue weighted by molar-refractivity contribution is 5.47. The molecule has 3 heteroatoms. The van der Waals surface area contributed by atoms with Crippen LogP contribution in [0.2, 0.25) is 0 Å². The Morgan fingerprint density at radius 1 is 1.44 bits per heavy atom. The fourth-order valence-corrected chi connectivity index (χ4v) is 2.36. The van der Waals surface area contributed by atoms with E-state index < -0.39 is 0 Å². The Balaban J connectivity index is 2.00. The number of nitrogens with zero attached hydrogens (tertiary/aromatic N) is 1. The third-order valence-electron chi connectivity index (χ3n) is 3.49. The van der Waals surface area contributed by atoms with Crippen molar-refractivity contribution >= 4 is 5.69 Å². The van der Waals surface area contributed by atoms with E-state index in [-0.39, 0.29) is 5.82 Å². The molecule has 0 aliphatic carbocycles. The second-order valence-electron chi connectivity index (χ2n) is 4.54. The number of benzene rings is 1. The van der Waals surface area contributed by atoms with Gasteiger partial charge in [0, 0.05) is 24.8 Å². The summed E-state index contributed by atoms with van der Waals surface area (Å²) in [6.07, 6.45) is 2.17. The number of anilines is 1. The van der Waals surface area contributed by atoms with Crippen molar-refractivity contribution in [3.8, 4) is 0 Å². The van der Waals surface area contributed by atoms with Gasteiger partial charge in [-0.1, -0.05) is 6.92 Å². The summed E-state index contributed by atoms with van der Waals surface area (Å²) in [6, 6.07) is 7.01. The molecule has 0 radical (unpaired) electrons. The first kappa shape index (κ1) is 11.4. The van der Waals surface area contributed by atoms with E-state index in [9.17, 15) is 4.39 Å². The molecule has 0 aromatic heterocycles. The topological polar surface area (TPSA) is 29.3 Å². The molecule has 0 saturated carbocycles. The Hall–Kier alpha value is -1.09. The van der Waals surface area contributed by atoms with Crippen LogP contribution in [0.15, 0.2) is 24.3 Å². The van der Waals surface area contributed by atoms with E-state index in [1.165, 1.54) is 12.1 Å². The Labute approximate surface area is 96.2 Å². The van der Waals surface area contributed by atoms with Crippen molar-refractivity contribution in [2.75, 3.05) is 18.0 Å². The Kier molecular flexibility index (Phi) is 3.44. The fraction of sp³-hybridized carbons (Fsp3) is 0.538. The maximum atomic E-state index is 12.8. The molecular weight excluding hydrogens is 203 g/mol. The summed E-state index contributed by atoms with van der Waals surface area (Å²) in [6.45, 7) is 4.16. The summed E-state index contributed by atoms with van der Waals surface area (Å²) in [4.78, 5) is 2.29. The van der Waals surface area contributed by atoms with Crippen molar-refractivity contribution in [3.63, 3.8) is 0 Å². The van der Waals surface area contributed by atoms with Gasteiger partial charge in [0.05, 0.1) is 0 Å². The van der Waals surface area contributed by atoms with Gasteiger partial charge >= 0.3 is 0 Å². The number of hydrogen-bond donors (Lipinski definition) is 1. The minimum absolute atomic E-state index is 0.176. The standard InChI is InChI=1S/C13H19FN2/c1-2-13(15)10-7-8-16(9-10)12-5-3-11(14)4-6-12/h3-6,10,13H,2,7-9,15H2,1H3. The van der Waals surface area contributed by atoms with Gasteiger partial charge in [0.25, 0.3) is 0 Å². The Morgan fingerprint density at radius 2 is 2.12 bits per heavy atom. The van der Waals surface area contributed by atoms with Crippen molar-refractivity contribution < 1.29 is 4.39 Å². The van der Waals surface area contributed by atoms with Gasteiger partial charge in [0.1, 0.15) is 5.82 Å². The SMILES string of the molecule is CCC(N)C1CCN(c2ccc(F)cc2)C1. The van der Waals surface area contributed by atoms with E-state index in [1.54, 1.807) is 0 Å². The highest BCUT2D eigenvalue weighted by Crippen LogP contribution is 2.26. The third kappa shape index (κ3) is 2.35. The Morgan fingerprint density at radius 3 is 2.75 bits per heavy atom. The molecule has 2 unspecified atom stereocenters. The van der Waals surface area contributed by atoms with E-state index in [2.05, 4.69) is 11.8 Å². The quantitative estimate of drug-likeness (QED) is 0.851. The first-order chi connectivity index (χ1) is 7.70. The van der Waals surface area contributed by atoms with Crippen LogP contribution in [0.3, 0.4) is 0 Å². The van der Waals surface area contributed by atoms with E-state index in [0.717, 1.165) is 31.6 Å². The largest absolute Gasteiger partial charge is 0.371 e. The summed E-state index contributed by atoms with van der Waals surface area (Å²) in [5, 5.41) is 0. The van der Waals surface area contributed by atoms with Gasteiger partial charge in [-0.3, -0.25) is 0 Å². The molecule has 2 rings (SSSR count). The minimum atomic E-state index is -0.176. The molecule has 1 saturated heterocycles. The first-order valence-corrected chi connectivity index (χ1v) is 5.96. The van der Waals surface area contributed by atoms with Crippen molar-refractivity contribution in [2.24, 2.45) is 11.7 Å². The van der Waals surface area contributed by atoms with Gasteiger partial charge in [-0.15, -0.1) is 0 Å². The lowest BCUT2D eigenvalue weighted by atomic mass is 9.98. The molecule has 1 fully saturated rings. The van der Waals surface area contributed by atoms with Gasteiger partial charge in [0.15, 0.2) is 0 Å². The molecule has 1 aromatic carbocycles. The summed E-state index contributed by atoms with van der Waals surface area (Å²) in [7, 11) is 0. The molecular formula is C13H19FN2. The average Bonchev–Trinajstić information content (AvgIpc) is 2.78. The number of nitrogens with two attached hydrogens (primary N) is 1. The smallest absolute Gasteiger partial charge is 0.123 e. The Bertz CT molecular complexity index is 336. The molecule has 1 heterocycles. The molecule has 1 aromatic rings. The van der Waals surface area contributed by atoms with Crippen LogP contribution in [-0.2, 0) is 0 Å². The summed E-state index contributed by atoms with van der Waals surface area (Å²) >= 11 is 0. The van der Waals surface area contributed by atoms with Gasteiger partial charge in [-0.05, 0) is 43.0 Å².